The largest absolute Gasteiger partial charge is 0.422 e. The maximum Gasteiger partial charge on any atom is 0.422 e. The van der Waals surface area contributed by atoms with Gasteiger partial charge in [-0.15, -0.1) is 0 Å². The summed E-state index contributed by atoms with van der Waals surface area (Å²) in [4.78, 5) is 12.2. The molecule has 0 fully saturated rings. The number of ketones is 1. The quantitative estimate of drug-likeness (QED) is 0.362. The van der Waals surface area contributed by atoms with Gasteiger partial charge in [-0.2, -0.15) is 13.2 Å². The molecule has 2 heterocycles. The summed E-state index contributed by atoms with van der Waals surface area (Å²) >= 11 is 0. The SMILES string of the molecule is O=C(CCCO)[C@H](O)c1ccc2c(c1)CCc1c-2noc1-c1noc(-c2ccccc2)c1C(F)(F)F. The number of hydrogen-bond donors (Lipinski definition) is 2. The predicted molar refractivity (Wildman–Crippen MR) is 122 cm³/mol. The van der Waals surface area contributed by atoms with E-state index in [1.807, 2.05) is 0 Å². The summed E-state index contributed by atoms with van der Waals surface area (Å²) in [5.74, 6) is -0.898. The molecule has 0 saturated carbocycles. The summed E-state index contributed by atoms with van der Waals surface area (Å²) in [6.07, 6.45) is -5.00. The van der Waals surface area contributed by atoms with Crippen molar-refractivity contribution in [2.45, 2.75) is 38.0 Å². The fourth-order valence-corrected chi connectivity index (χ4v) is 4.49. The summed E-state index contributed by atoms with van der Waals surface area (Å²) in [7, 11) is 0. The van der Waals surface area contributed by atoms with Crippen LogP contribution in [-0.4, -0.2) is 32.9 Å². The van der Waals surface area contributed by atoms with Gasteiger partial charge in [0.15, 0.2) is 23.0 Å². The van der Waals surface area contributed by atoms with Crippen LogP contribution in [0.4, 0.5) is 13.2 Å². The Labute approximate surface area is 203 Å². The van der Waals surface area contributed by atoms with Crippen molar-refractivity contribution < 1.29 is 37.2 Å². The Hall–Kier alpha value is -3.76. The Morgan fingerprint density at radius 1 is 1.00 bits per heavy atom. The van der Waals surface area contributed by atoms with Crippen molar-refractivity contribution in [1.82, 2.24) is 10.3 Å². The zero-order valence-corrected chi connectivity index (χ0v) is 18.9. The molecule has 10 heteroatoms. The van der Waals surface area contributed by atoms with E-state index in [-0.39, 0.29) is 30.8 Å². The van der Waals surface area contributed by atoms with Gasteiger partial charge in [-0.25, -0.2) is 0 Å². The molecule has 1 aliphatic carbocycles. The topological polar surface area (TPSA) is 110 Å². The highest BCUT2D eigenvalue weighted by Crippen LogP contribution is 2.46. The first-order chi connectivity index (χ1) is 17.3. The summed E-state index contributed by atoms with van der Waals surface area (Å²) in [5, 5.41) is 27.1. The number of Topliss-reactive ketones (excluding diaryl/α,β-unsaturated/α-hetero) is 1. The molecule has 0 unspecified atom stereocenters. The molecule has 0 aliphatic heterocycles. The number of carbonyl (C=O) groups excluding carboxylic acids is 1. The van der Waals surface area contributed by atoms with Crippen LogP contribution in [0.25, 0.3) is 34.0 Å². The van der Waals surface area contributed by atoms with Gasteiger partial charge in [0, 0.05) is 29.7 Å². The minimum absolute atomic E-state index is 0.0513. The highest BCUT2D eigenvalue weighted by molar-refractivity contribution is 5.85. The molecule has 0 saturated heterocycles. The van der Waals surface area contributed by atoms with E-state index in [9.17, 15) is 23.1 Å². The summed E-state index contributed by atoms with van der Waals surface area (Å²) in [5.41, 5.74) is 1.46. The normalized spacial score (nSPS) is 13.8. The maximum absolute atomic E-state index is 14.1. The molecule has 0 spiro atoms. The van der Waals surface area contributed by atoms with E-state index in [0.29, 0.717) is 35.2 Å². The van der Waals surface area contributed by atoms with Crippen LogP contribution in [0.5, 0.6) is 0 Å². The van der Waals surface area contributed by atoms with Crippen LogP contribution in [0.1, 0.15) is 41.2 Å². The third kappa shape index (κ3) is 4.22. The van der Waals surface area contributed by atoms with Crippen LogP contribution in [-0.2, 0) is 23.8 Å². The van der Waals surface area contributed by atoms with Gasteiger partial charge in [0.25, 0.3) is 0 Å². The second-order valence-electron chi connectivity index (χ2n) is 8.55. The molecule has 0 bridgehead atoms. The Morgan fingerprint density at radius 3 is 2.44 bits per heavy atom. The molecule has 2 aromatic carbocycles. The van der Waals surface area contributed by atoms with Crippen LogP contribution in [0.15, 0.2) is 57.6 Å². The van der Waals surface area contributed by atoms with Gasteiger partial charge in [0.1, 0.15) is 17.4 Å². The number of carbonyl (C=O) groups is 1. The number of aliphatic hydroxyl groups excluding tert-OH is 2. The molecule has 36 heavy (non-hydrogen) atoms. The number of halogens is 3. The van der Waals surface area contributed by atoms with E-state index in [2.05, 4.69) is 10.3 Å². The molecule has 0 amide bonds. The standard InChI is InChI=1S/C26H21F3N2O5/c27-26(28,29)20-22(31-35-24(20)14-5-2-1-3-6-14)25-18-11-8-15-13-16(23(34)19(33)7-4-12-32)9-10-17(15)21(18)30-36-25/h1-3,5-6,9-10,13,23,32,34H,4,7-8,11-12H2/t23-/m1/s1. The lowest BCUT2D eigenvalue weighted by Gasteiger charge is -2.18. The van der Waals surface area contributed by atoms with Crippen molar-refractivity contribution in [3.8, 4) is 34.0 Å². The first-order valence-corrected chi connectivity index (χ1v) is 11.4. The molecule has 1 atom stereocenters. The lowest BCUT2D eigenvalue weighted by molar-refractivity contribution is -0.137. The van der Waals surface area contributed by atoms with Crippen LogP contribution in [0, 0.1) is 0 Å². The molecule has 2 N–H and O–H groups in total. The van der Waals surface area contributed by atoms with E-state index < -0.39 is 35.1 Å². The van der Waals surface area contributed by atoms with Crippen molar-refractivity contribution in [1.29, 1.82) is 0 Å². The van der Waals surface area contributed by atoms with Gasteiger partial charge in [0.2, 0.25) is 0 Å². The Kier molecular flexibility index (Phi) is 6.23. The molecule has 2 aromatic heterocycles. The second-order valence-corrected chi connectivity index (χ2v) is 8.55. The first kappa shape index (κ1) is 24.0. The number of aryl methyl sites for hydroxylation is 1. The summed E-state index contributed by atoms with van der Waals surface area (Å²) in [6.45, 7) is -0.145. The zero-order chi connectivity index (χ0) is 25.4. The lowest BCUT2D eigenvalue weighted by Crippen LogP contribution is -2.13. The number of benzene rings is 2. The van der Waals surface area contributed by atoms with Crippen molar-refractivity contribution in [3.63, 3.8) is 0 Å². The fraction of sp³-hybridized carbons (Fsp3) is 0.269. The van der Waals surface area contributed by atoms with Gasteiger partial charge >= 0.3 is 6.18 Å². The van der Waals surface area contributed by atoms with Crippen LogP contribution in [0.2, 0.25) is 0 Å². The smallest absolute Gasteiger partial charge is 0.396 e. The molecule has 7 nitrogen and oxygen atoms in total. The molecule has 0 radical (unpaired) electrons. The zero-order valence-electron chi connectivity index (χ0n) is 18.9. The van der Waals surface area contributed by atoms with E-state index in [4.69, 9.17) is 14.2 Å². The molecule has 1 aliphatic rings. The Balaban J connectivity index is 1.53. The first-order valence-electron chi connectivity index (χ1n) is 11.4. The third-order valence-electron chi connectivity index (χ3n) is 6.25. The van der Waals surface area contributed by atoms with E-state index in [0.717, 1.165) is 5.56 Å². The molecule has 5 rings (SSSR count). The number of hydrogen-bond acceptors (Lipinski definition) is 7. The van der Waals surface area contributed by atoms with Crippen molar-refractivity contribution in [2.75, 3.05) is 6.61 Å². The van der Waals surface area contributed by atoms with Crippen LogP contribution < -0.4 is 0 Å². The highest BCUT2D eigenvalue weighted by atomic mass is 19.4. The molecule has 186 valence electrons. The highest BCUT2D eigenvalue weighted by Gasteiger charge is 2.43. The average Bonchev–Trinajstić information content (AvgIpc) is 3.51. The number of aliphatic hydroxyl groups is 2. The number of alkyl halides is 3. The summed E-state index contributed by atoms with van der Waals surface area (Å²) in [6, 6.07) is 12.9. The molecular formula is C26H21F3N2O5. The minimum Gasteiger partial charge on any atom is -0.396 e. The van der Waals surface area contributed by atoms with Crippen LogP contribution in [0.3, 0.4) is 0 Å². The third-order valence-corrected chi connectivity index (χ3v) is 6.25. The van der Waals surface area contributed by atoms with Crippen LogP contribution >= 0.6 is 0 Å². The van der Waals surface area contributed by atoms with Crippen molar-refractivity contribution >= 4 is 5.78 Å². The van der Waals surface area contributed by atoms with Gasteiger partial charge in [-0.3, -0.25) is 4.79 Å². The number of rotatable bonds is 7. The number of nitrogens with zero attached hydrogens (tertiary/aromatic N) is 2. The van der Waals surface area contributed by atoms with Gasteiger partial charge in [-0.05, 0) is 30.4 Å². The fourth-order valence-electron chi connectivity index (χ4n) is 4.49. The number of fused-ring (bicyclic) bond motifs is 3. The monoisotopic (exact) mass is 498 g/mol. The van der Waals surface area contributed by atoms with Gasteiger partial charge < -0.3 is 19.3 Å². The molecule has 4 aromatic rings. The van der Waals surface area contributed by atoms with Crippen molar-refractivity contribution in [3.05, 3.63) is 70.8 Å². The molecular weight excluding hydrogens is 477 g/mol. The Bertz CT molecular complexity index is 1410. The van der Waals surface area contributed by atoms with E-state index in [1.54, 1.807) is 36.4 Å². The average molecular weight is 498 g/mol. The van der Waals surface area contributed by atoms with Crippen molar-refractivity contribution in [2.24, 2.45) is 0 Å². The van der Waals surface area contributed by atoms with Gasteiger partial charge in [-0.1, -0.05) is 58.8 Å². The minimum atomic E-state index is -4.75. The summed E-state index contributed by atoms with van der Waals surface area (Å²) < 4.78 is 52.9. The van der Waals surface area contributed by atoms with E-state index in [1.165, 1.54) is 12.1 Å². The predicted octanol–water partition coefficient (Wildman–Crippen LogP) is 5.16. The lowest BCUT2D eigenvalue weighted by atomic mass is 9.86. The number of aromatic nitrogens is 2. The second kappa shape index (κ2) is 9.36. The maximum atomic E-state index is 14.1. The van der Waals surface area contributed by atoms with E-state index >= 15 is 0 Å². The Morgan fingerprint density at radius 2 is 1.72 bits per heavy atom. The van der Waals surface area contributed by atoms with Gasteiger partial charge in [0.05, 0.1) is 0 Å².